The van der Waals surface area contributed by atoms with Crippen LogP contribution in [0.5, 0.6) is 0 Å². The number of hydrogen-bond acceptors (Lipinski definition) is 5. The van der Waals surface area contributed by atoms with Gasteiger partial charge in [0.1, 0.15) is 0 Å². The molecule has 7 nitrogen and oxygen atoms in total. The zero-order chi connectivity index (χ0) is 20.8. The van der Waals surface area contributed by atoms with E-state index >= 15 is 0 Å². The van der Waals surface area contributed by atoms with E-state index in [9.17, 15) is 22.8 Å². The van der Waals surface area contributed by atoms with Crippen molar-refractivity contribution in [3.05, 3.63) is 64.7 Å². The average molecular weight is 412 g/mol. The number of nitrogens with zero attached hydrogens (tertiary/aromatic N) is 1. The van der Waals surface area contributed by atoms with Crippen LogP contribution in [0.15, 0.2) is 42.5 Å². The van der Waals surface area contributed by atoms with Gasteiger partial charge in [0.15, 0.2) is 11.6 Å². The van der Waals surface area contributed by atoms with E-state index in [1.165, 1.54) is 4.31 Å². The minimum Gasteiger partial charge on any atom is -0.325 e. The van der Waals surface area contributed by atoms with Crippen LogP contribution in [0.4, 0.5) is 5.69 Å². The molecule has 2 aliphatic rings. The fraction of sp³-hybridized carbons (Fsp3) is 0.286. The summed E-state index contributed by atoms with van der Waals surface area (Å²) in [6, 6.07) is 11.4. The summed E-state index contributed by atoms with van der Waals surface area (Å²) in [6.45, 7) is 0.503. The summed E-state index contributed by atoms with van der Waals surface area (Å²) in [7, 11) is -3.37. The SMILES string of the molecule is CS(=O)(=O)N1CCC[C@H](C(=O)Nc2cccc3c2C(=O)c2ccccc2C3=O)C1. The van der Waals surface area contributed by atoms with Gasteiger partial charge in [-0.2, -0.15) is 0 Å². The van der Waals surface area contributed by atoms with Gasteiger partial charge in [0.05, 0.1) is 23.4 Å². The van der Waals surface area contributed by atoms with Crippen molar-refractivity contribution in [3.8, 4) is 0 Å². The highest BCUT2D eigenvalue weighted by Crippen LogP contribution is 2.32. The molecule has 1 atom stereocenters. The monoisotopic (exact) mass is 412 g/mol. The predicted molar refractivity (Wildman–Crippen MR) is 108 cm³/mol. The smallest absolute Gasteiger partial charge is 0.228 e. The van der Waals surface area contributed by atoms with Crippen molar-refractivity contribution < 1.29 is 22.8 Å². The molecule has 2 aromatic carbocycles. The van der Waals surface area contributed by atoms with Crippen molar-refractivity contribution >= 4 is 33.2 Å². The van der Waals surface area contributed by atoms with E-state index in [1.54, 1.807) is 42.5 Å². The Bertz CT molecular complexity index is 1140. The van der Waals surface area contributed by atoms with Gasteiger partial charge < -0.3 is 5.32 Å². The average Bonchev–Trinajstić information content (AvgIpc) is 2.71. The molecule has 1 aliphatic carbocycles. The van der Waals surface area contributed by atoms with Crippen molar-refractivity contribution in [3.63, 3.8) is 0 Å². The minimum atomic E-state index is -3.37. The first kappa shape index (κ1) is 19.5. The first-order chi connectivity index (χ1) is 13.8. The van der Waals surface area contributed by atoms with Gasteiger partial charge in [-0.25, -0.2) is 12.7 Å². The Labute approximate surface area is 168 Å². The molecule has 2 aromatic rings. The second-order valence-electron chi connectivity index (χ2n) is 7.38. The molecule has 4 rings (SSSR count). The van der Waals surface area contributed by atoms with E-state index in [0.717, 1.165) is 6.26 Å². The number of benzene rings is 2. The number of sulfonamides is 1. The highest BCUT2D eigenvalue weighted by Gasteiger charge is 2.34. The van der Waals surface area contributed by atoms with Gasteiger partial charge in [0.25, 0.3) is 0 Å². The van der Waals surface area contributed by atoms with Crippen molar-refractivity contribution in [1.82, 2.24) is 4.31 Å². The molecule has 150 valence electrons. The third-order valence-corrected chi connectivity index (χ3v) is 6.70. The van der Waals surface area contributed by atoms with Gasteiger partial charge in [0.2, 0.25) is 15.9 Å². The third-order valence-electron chi connectivity index (χ3n) is 5.43. The number of carbonyl (C=O) groups excluding carboxylic acids is 3. The van der Waals surface area contributed by atoms with E-state index in [2.05, 4.69) is 5.32 Å². The van der Waals surface area contributed by atoms with Gasteiger partial charge in [-0.3, -0.25) is 14.4 Å². The third kappa shape index (κ3) is 3.49. The first-order valence-electron chi connectivity index (χ1n) is 9.35. The van der Waals surface area contributed by atoms with Crippen LogP contribution in [0, 0.1) is 5.92 Å². The number of nitrogens with one attached hydrogen (secondary N) is 1. The van der Waals surface area contributed by atoms with Crippen LogP contribution < -0.4 is 5.32 Å². The van der Waals surface area contributed by atoms with Crippen LogP contribution in [0.2, 0.25) is 0 Å². The molecule has 0 aromatic heterocycles. The molecule has 0 unspecified atom stereocenters. The van der Waals surface area contributed by atoms with E-state index in [1.807, 2.05) is 0 Å². The van der Waals surface area contributed by atoms with Crippen LogP contribution in [0.1, 0.15) is 44.7 Å². The van der Waals surface area contributed by atoms with Crippen LogP contribution in [-0.2, 0) is 14.8 Å². The number of amides is 1. The summed E-state index contributed by atoms with van der Waals surface area (Å²) < 4.78 is 24.9. The number of ketones is 2. The molecule has 0 spiro atoms. The second kappa shape index (κ2) is 7.20. The molecular weight excluding hydrogens is 392 g/mol. The largest absolute Gasteiger partial charge is 0.325 e. The molecule has 29 heavy (non-hydrogen) atoms. The molecular formula is C21H20N2O5S. The number of carbonyl (C=O) groups is 3. The Kier molecular flexibility index (Phi) is 4.84. The Balaban J connectivity index is 1.64. The molecule has 1 N–H and O–H groups in total. The minimum absolute atomic E-state index is 0.107. The van der Waals surface area contributed by atoms with Gasteiger partial charge in [0, 0.05) is 29.8 Å². The summed E-state index contributed by atoms with van der Waals surface area (Å²) >= 11 is 0. The van der Waals surface area contributed by atoms with E-state index in [-0.39, 0.29) is 40.8 Å². The molecule has 1 aliphatic heterocycles. The summed E-state index contributed by atoms with van der Waals surface area (Å²) in [4.78, 5) is 38.7. The molecule has 0 bridgehead atoms. The van der Waals surface area contributed by atoms with Crippen LogP contribution in [0.3, 0.4) is 0 Å². The summed E-state index contributed by atoms with van der Waals surface area (Å²) in [6.07, 6.45) is 2.27. The fourth-order valence-corrected chi connectivity index (χ4v) is 4.85. The zero-order valence-electron chi connectivity index (χ0n) is 15.8. The van der Waals surface area contributed by atoms with Crippen LogP contribution in [0.25, 0.3) is 0 Å². The fourth-order valence-electron chi connectivity index (χ4n) is 3.94. The molecule has 0 radical (unpaired) electrons. The van der Waals surface area contributed by atoms with E-state index in [0.29, 0.717) is 30.5 Å². The topological polar surface area (TPSA) is 101 Å². The van der Waals surface area contributed by atoms with E-state index < -0.39 is 15.9 Å². The number of rotatable bonds is 3. The van der Waals surface area contributed by atoms with Crippen LogP contribution in [-0.4, -0.2) is 49.5 Å². The lowest BCUT2D eigenvalue weighted by molar-refractivity contribution is -0.120. The Morgan fingerprint density at radius 3 is 2.34 bits per heavy atom. The zero-order valence-corrected chi connectivity index (χ0v) is 16.7. The van der Waals surface area contributed by atoms with Crippen LogP contribution >= 0.6 is 0 Å². The summed E-state index contributed by atoms with van der Waals surface area (Å²) in [5.74, 6) is -1.44. The molecule has 1 amide bonds. The second-order valence-corrected chi connectivity index (χ2v) is 9.36. The maximum absolute atomic E-state index is 13.0. The van der Waals surface area contributed by atoms with Crippen molar-refractivity contribution in [2.24, 2.45) is 5.92 Å². The summed E-state index contributed by atoms with van der Waals surface area (Å²) in [5.41, 5.74) is 1.38. The maximum atomic E-state index is 13.0. The van der Waals surface area contributed by atoms with Crippen molar-refractivity contribution in [1.29, 1.82) is 0 Å². The maximum Gasteiger partial charge on any atom is 0.228 e. The predicted octanol–water partition coefficient (Wildman–Crippen LogP) is 2.07. The molecule has 8 heteroatoms. The standard InChI is InChI=1S/C21H20N2O5S/c1-29(27,28)23-11-5-6-13(12-23)21(26)22-17-10-4-9-16-18(17)20(25)15-8-3-2-7-14(15)19(16)24/h2-4,7-10,13H,5-6,11-12H2,1H3,(H,22,26)/t13-/m0/s1. The van der Waals surface area contributed by atoms with Gasteiger partial charge in [-0.05, 0) is 18.9 Å². The first-order valence-corrected chi connectivity index (χ1v) is 11.2. The molecule has 1 heterocycles. The lowest BCUT2D eigenvalue weighted by Crippen LogP contribution is -2.43. The molecule has 1 saturated heterocycles. The number of fused-ring (bicyclic) bond motifs is 2. The lowest BCUT2D eigenvalue weighted by atomic mass is 9.83. The lowest BCUT2D eigenvalue weighted by Gasteiger charge is -2.30. The number of piperidine rings is 1. The Morgan fingerprint density at radius 1 is 1.00 bits per heavy atom. The molecule has 0 saturated carbocycles. The molecule has 1 fully saturated rings. The van der Waals surface area contributed by atoms with Crippen molar-refractivity contribution in [2.45, 2.75) is 12.8 Å². The highest BCUT2D eigenvalue weighted by atomic mass is 32.2. The van der Waals surface area contributed by atoms with Gasteiger partial charge in [-0.15, -0.1) is 0 Å². The van der Waals surface area contributed by atoms with E-state index in [4.69, 9.17) is 0 Å². The Hall–Kier alpha value is -2.84. The van der Waals surface area contributed by atoms with Gasteiger partial charge in [-0.1, -0.05) is 36.4 Å². The highest BCUT2D eigenvalue weighted by molar-refractivity contribution is 7.88. The Morgan fingerprint density at radius 2 is 1.66 bits per heavy atom. The number of anilines is 1. The summed E-state index contributed by atoms with van der Waals surface area (Å²) in [5, 5.41) is 2.76. The normalized spacial score (nSPS) is 19.4. The van der Waals surface area contributed by atoms with Gasteiger partial charge >= 0.3 is 0 Å². The van der Waals surface area contributed by atoms with Crippen molar-refractivity contribution in [2.75, 3.05) is 24.7 Å². The quantitative estimate of drug-likeness (QED) is 0.710. The number of hydrogen-bond donors (Lipinski definition) is 1.